The Labute approximate surface area is 112 Å². The van der Waals surface area contributed by atoms with Crippen LogP contribution in [0, 0.1) is 0 Å². The molecule has 1 heterocycles. The number of nitrogens with two attached hydrogens (primary N) is 1. The van der Waals surface area contributed by atoms with Crippen LogP contribution in [0.1, 0.15) is 36.4 Å². The highest BCUT2D eigenvalue weighted by atomic mass is 32.1. The van der Waals surface area contributed by atoms with Crippen LogP contribution in [0.2, 0.25) is 0 Å². The Morgan fingerprint density at radius 2 is 2.17 bits per heavy atom. The molecule has 0 aliphatic carbocycles. The Morgan fingerprint density at radius 1 is 1.44 bits per heavy atom. The minimum atomic E-state index is -0.326. The van der Waals surface area contributed by atoms with E-state index < -0.39 is 0 Å². The zero-order chi connectivity index (χ0) is 13.5. The van der Waals surface area contributed by atoms with Crippen LogP contribution in [-0.2, 0) is 4.79 Å². The van der Waals surface area contributed by atoms with Crippen molar-refractivity contribution < 1.29 is 9.59 Å². The summed E-state index contributed by atoms with van der Waals surface area (Å²) in [6, 6.07) is 3.98. The Kier molecular flexibility index (Phi) is 6.01. The number of amides is 1. The van der Waals surface area contributed by atoms with Crippen molar-refractivity contribution >= 4 is 23.0 Å². The van der Waals surface area contributed by atoms with Gasteiger partial charge in [-0.2, -0.15) is 0 Å². The second-order valence-electron chi connectivity index (χ2n) is 4.53. The quantitative estimate of drug-likeness (QED) is 0.732. The average Bonchev–Trinajstić information content (AvgIpc) is 2.80. The number of primary amides is 1. The maximum atomic E-state index is 11.8. The lowest BCUT2D eigenvalue weighted by molar-refractivity contribution is -0.119. The van der Waals surface area contributed by atoms with Crippen LogP contribution in [0.3, 0.4) is 0 Å². The third kappa shape index (κ3) is 4.98. The third-order valence-electron chi connectivity index (χ3n) is 2.73. The fourth-order valence-electron chi connectivity index (χ4n) is 1.72. The van der Waals surface area contributed by atoms with E-state index >= 15 is 0 Å². The van der Waals surface area contributed by atoms with Gasteiger partial charge in [-0.3, -0.25) is 14.5 Å². The standard InChI is InChI=1S/C13H20N2O2S/c1-10(2)15(9-13(14)17)7-3-5-11(16)12-6-4-8-18-12/h4,6,8,10H,3,5,7,9H2,1-2H3,(H2,14,17). The van der Waals surface area contributed by atoms with Crippen LogP contribution in [-0.4, -0.2) is 35.7 Å². The van der Waals surface area contributed by atoms with Gasteiger partial charge in [-0.05, 0) is 38.3 Å². The summed E-state index contributed by atoms with van der Waals surface area (Å²) >= 11 is 1.47. The molecule has 0 aliphatic heterocycles. The molecular formula is C13H20N2O2S. The first kappa shape index (κ1) is 14.9. The van der Waals surface area contributed by atoms with Crippen molar-refractivity contribution in [2.24, 2.45) is 5.73 Å². The first-order chi connectivity index (χ1) is 8.50. The largest absolute Gasteiger partial charge is 0.369 e. The normalized spacial score (nSPS) is 11.1. The summed E-state index contributed by atoms with van der Waals surface area (Å²) in [6.45, 7) is 5.01. The molecule has 0 aliphatic rings. The number of rotatable bonds is 8. The number of ketones is 1. The monoisotopic (exact) mass is 268 g/mol. The maximum absolute atomic E-state index is 11.8. The minimum Gasteiger partial charge on any atom is -0.369 e. The van der Waals surface area contributed by atoms with Gasteiger partial charge >= 0.3 is 0 Å². The zero-order valence-corrected chi connectivity index (χ0v) is 11.7. The number of nitrogens with zero attached hydrogens (tertiary/aromatic N) is 1. The zero-order valence-electron chi connectivity index (χ0n) is 10.9. The van der Waals surface area contributed by atoms with Gasteiger partial charge in [0.15, 0.2) is 5.78 Å². The number of thiophene rings is 1. The Hall–Kier alpha value is -1.20. The SMILES string of the molecule is CC(C)N(CCCC(=O)c1cccs1)CC(N)=O. The topological polar surface area (TPSA) is 63.4 Å². The van der Waals surface area contributed by atoms with Gasteiger partial charge in [0.25, 0.3) is 0 Å². The van der Waals surface area contributed by atoms with Crippen molar-refractivity contribution in [1.82, 2.24) is 4.90 Å². The van der Waals surface area contributed by atoms with E-state index in [1.807, 2.05) is 36.3 Å². The molecule has 0 saturated carbocycles. The molecule has 2 N–H and O–H groups in total. The second kappa shape index (κ2) is 7.28. The maximum Gasteiger partial charge on any atom is 0.231 e. The lowest BCUT2D eigenvalue weighted by Gasteiger charge is -2.24. The Balaban J connectivity index is 2.35. The molecule has 4 nitrogen and oxygen atoms in total. The molecule has 0 saturated heterocycles. The highest BCUT2D eigenvalue weighted by molar-refractivity contribution is 7.12. The predicted octanol–water partition coefficient (Wildman–Crippen LogP) is 1.91. The number of Topliss-reactive ketones (excluding diaryl/α,β-unsaturated/α-hetero) is 1. The fourth-order valence-corrected chi connectivity index (χ4v) is 2.42. The van der Waals surface area contributed by atoms with E-state index in [0.29, 0.717) is 6.42 Å². The summed E-state index contributed by atoms with van der Waals surface area (Å²) < 4.78 is 0. The van der Waals surface area contributed by atoms with Gasteiger partial charge in [-0.15, -0.1) is 11.3 Å². The molecule has 0 fully saturated rings. The van der Waals surface area contributed by atoms with Crippen LogP contribution in [0.5, 0.6) is 0 Å². The van der Waals surface area contributed by atoms with Gasteiger partial charge in [0.1, 0.15) is 0 Å². The molecule has 0 atom stereocenters. The predicted molar refractivity (Wildman–Crippen MR) is 73.8 cm³/mol. The number of hydrogen-bond acceptors (Lipinski definition) is 4. The fraction of sp³-hybridized carbons (Fsp3) is 0.538. The van der Waals surface area contributed by atoms with Crippen molar-refractivity contribution in [2.45, 2.75) is 32.7 Å². The number of carbonyl (C=O) groups excluding carboxylic acids is 2. The van der Waals surface area contributed by atoms with Crippen molar-refractivity contribution in [3.05, 3.63) is 22.4 Å². The number of carbonyl (C=O) groups is 2. The first-order valence-corrected chi connectivity index (χ1v) is 6.97. The summed E-state index contributed by atoms with van der Waals surface area (Å²) in [7, 11) is 0. The smallest absolute Gasteiger partial charge is 0.231 e. The molecule has 1 aromatic rings. The third-order valence-corrected chi connectivity index (χ3v) is 3.65. The lowest BCUT2D eigenvalue weighted by Crippen LogP contribution is -2.39. The second-order valence-corrected chi connectivity index (χ2v) is 5.48. The van der Waals surface area contributed by atoms with E-state index in [1.54, 1.807) is 0 Å². The van der Waals surface area contributed by atoms with E-state index in [9.17, 15) is 9.59 Å². The van der Waals surface area contributed by atoms with E-state index in [1.165, 1.54) is 11.3 Å². The Bertz CT molecular complexity index is 388. The molecular weight excluding hydrogens is 248 g/mol. The van der Waals surface area contributed by atoms with Gasteiger partial charge in [0.05, 0.1) is 11.4 Å². The van der Waals surface area contributed by atoms with Gasteiger partial charge in [-0.25, -0.2) is 0 Å². The van der Waals surface area contributed by atoms with Crippen LogP contribution < -0.4 is 5.73 Å². The average molecular weight is 268 g/mol. The highest BCUT2D eigenvalue weighted by Crippen LogP contribution is 2.12. The van der Waals surface area contributed by atoms with E-state index in [4.69, 9.17) is 5.73 Å². The molecule has 1 aromatic heterocycles. The van der Waals surface area contributed by atoms with Gasteiger partial charge in [-0.1, -0.05) is 6.07 Å². The van der Waals surface area contributed by atoms with Crippen LogP contribution >= 0.6 is 11.3 Å². The summed E-state index contributed by atoms with van der Waals surface area (Å²) in [5, 5.41) is 1.90. The molecule has 5 heteroatoms. The molecule has 0 radical (unpaired) electrons. The highest BCUT2D eigenvalue weighted by Gasteiger charge is 2.13. The molecule has 18 heavy (non-hydrogen) atoms. The summed E-state index contributed by atoms with van der Waals surface area (Å²) in [6.07, 6.45) is 1.27. The molecule has 1 amide bonds. The number of hydrogen-bond donors (Lipinski definition) is 1. The van der Waals surface area contributed by atoms with E-state index in [-0.39, 0.29) is 24.3 Å². The molecule has 0 bridgehead atoms. The first-order valence-electron chi connectivity index (χ1n) is 6.09. The van der Waals surface area contributed by atoms with Crippen molar-refractivity contribution in [3.8, 4) is 0 Å². The van der Waals surface area contributed by atoms with Gasteiger partial charge < -0.3 is 5.73 Å². The van der Waals surface area contributed by atoms with Gasteiger partial charge in [0, 0.05) is 12.5 Å². The van der Waals surface area contributed by atoms with E-state index in [2.05, 4.69) is 0 Å². The molecule has 0 unspecified atom stereocenters. The van der Waals surface area contributed by atoms with Crippen LogP contribution in [0.15, 0.2) is 17.5 Å². The Morgan fingerprint density at radius 3 is 2.67 bits per heavy atom. The molecule has 0 aromatic carbocycles. The van der Waals surface area contributed by atoms with Crippen molar-refractivity contribution in [1.29, 1.82) is 0 Å². The van der Waals surface area contributed by atoms with Gasteiger partial charge in [0.2, 0.25) is 5.91 Å². The van der Waals surface area contributed by atoms with E-state index in [0.717, 1.165) is 17.8 Å². The van der Waals surface area contributed by atoms with Crippen LogP contribution in [0.4, 0.5) is 0 Å². The minimum absolute atomic E-state index is 0.174. The molecule has 0 spiro atoms. The van der Waals surface area contributed by atoms with Crippen molar-refractivity contribution in [2.75, 3.05) is 13.1 Å². The summed E-state index contributed by atoms with van der Waals surface area (Å²) in [4.78, 5) is 25.5. The summed E-state index contributed by atoms with van der Waals surface area (Å²) in [5.41, 5.74) is 5.19. The molecule has 1 rings (SSSR count). The lowest BCUT2D eigenvalue weighted by atomic mass is 10.1. The molecule has 100 valence electrons. The summed E-state index contributed by atoms with van der Waals surface area (Å²) in [5.74, 6) is -0.152. The van der Waals surface area contributed by atoms with Crippen LogP contribution in [0.25, 0.3) is 0 Å². The van der Waals surface area contributed by atoms with Crippen molar-refractivity contribution in [3.63, 3.8) is 0 Å².